The van der Waals surface area contributed by atoms with Crippen molar-refractivity contribution in [3.8, 4) is 0 Å². The third kappa shape index (κ3) is 3.05. The van der Waals surface area contributed by atoms with Gasteiger partial charge in [0.1, 0.15) is 4.99 Å². The number of benzene rings is 1. The summed E-state index contributed by atoms with van der Waals surface area (Å²) >= 11 is 4.89. The molecule has 0 aromatic heterocycles. The molecule has 0 bridgehead atoms. The fraction of sp³-hybridized carbons (Fsp3) is 0.400. The van der Waals surface area contributed by atoms with Crippen LogP contribution in [0.15, 0.2) is 24.3 Å². The fourth-order valence-corrected chi connectivity index (χ4v) is 2.72. The van der Waals surface area contributed by atoms with E-state index in [9.17, 15) is 9.59 Å². The van der Waals surface area contributed by atoms with Crippen molar-refractivity contribution < 1.29 is 9.59 Å². The Balaban J connectivity index is 2.11. The Morgan fingerprint density at radius 3 is 2.38 bits per heavy atom. The van der Waals surface area contributed by atoms with Gasteiger partial charge in [-0.05, 0) is 25.5 Å². The molecule has 0 spiro atoms. The summed E-state index contributed by atoms with van der Waals surface area (Å²) in [4.78, 5) is 26.4. The Hall–Kier alpha value is -1.95. The van der Waals surface area contributed by atoms with Crippen LogP contribution in [0.5, 0.6) is 0 Å². The first kappa shape index (κ1) is 15.4. The molecule has 3 N–H and O–H groups in total. The molecule has 1 aliphatic rings. The van der Waals surface area contributed by atoms with Gasteiger partial charge in [0.15, 0.2) is 0 Å². The van der Waals surface area contributed by atoms with E-state index in [1.54, 1.807) is 36.2 Å². The zero-order valence-corrected chi connectivity index (χ0v) is 13.0. The van der Waals surface area contributed by atoms with Gasteiger partial charge in [0.25, 0.3) is 5.91 Å². The Morgan fingerprint density at radius 2 is 1.86 bits per heavy atom. The van der Waals surface area contributed by atoms with Crippen molar-refractivity contribution in [3.05, 3.63) is 35.4 Å². The summed E-state index contributed by atoms with van der Waals surface area (Å²) < 4.78 is 0. The Bertz CT molecular complexity index is 585. The van der Waals surface area contributed by atoms with Gasteiger partial charge >= 0.3 is 0 Å². The lowest BCUT2D eigenvalue weighted by Crippen LogP contribution is -2.40. The van der Waals surface area contributed by atoms with Crippen molar-refractivity contribution in [2.24, 2.45) is 11.1 Å². The molecule has 1 aliphatic heterocycles. The largest absolute Gasteiger partial charge is 0.389 e. The van der Waals surface area contributed by atoms with Crippen molar-refractivity contribution in [1.29, 1.82) is 0 Å². The number of nitrogens with one attached hydrogen (secondary N) is 1. The maximum atomic E-state index is 12.5. The molecule has 112 valence electrons. The van der Waals surface area contributed by atoms with Crippen molar-refractivity contribution in [2.75, 3.05) is 20.1 Å². The van der Waals surface area contributed by atoms with Gasteiger partial charge in [-0.2, -0.15) is 0 Å². The molecule has 1 heterocycles. The van der Waals surface area contributed by atoms with Crippen LogP contribution in [-0.4, -0.2) is 41.8 Å². The molecule has 1 unspecified atom stereocenters. The Labute approximate surface area is 129 Å². The first-order chi connectivity index (χ1) is 9.87. The van der Waals surface area contributed by atoms with Gasteiger partial charge in [-0.15, -0.1) is 0 Å². The smallest absolute Gasteiger partial charge is 0.253 e. The van der Waals surface area contributed by atoms with Gasteiger partial charge in [-0.3, -0.25) is 9.59 Å². The number of hydrogen-bond donors (Lipinski definition) is 2. The molecular weight excluding hydrogens is 286 g/mol. The summed E-state index contributed by atoms with van der Waals surface area (Å²) in [6.45, 7) is 2.90. The highest BCUT2D eigenvalue weighted by Gasteiger charge is 2.41. The third-order valence-corrected chi connectivity index (χ3v) is 4.19. The first-order valence-electron chi connectivity index (χ1n) is 6.79. The predicted molar refractivity (Wildman–Crippen MR) is 85.0 cm³/mol. The lowest BCUT2D eigenvalue weighted by atomic mass is 9.89. The van der Waals surface area contributed by atoms with Gasteiger partial charge in [0.2, 0.25) is 5.91 Å². The topological polar surface area (TPSA) is 75.4 Å². The average molecular weight is 305 g/mol. The van der Waals surface area contributed by atoms with E-state index in [0.717, 1.165) is 5.56 Å². The standard InChI is InChI=1S/C15H19N3O2S/c1-15(14(20)17-2)7-8-18(9-15)13(19)11-5-3-10(4-6-11)12(16)21/h3-6H,7-9H2,1-2H3,(H2,16,21)(H,17,20). The molecule has 6 heteroatoms. The van der Waals surface area contributed by atoms with Crippen LogP contribution in [0, 0.1) is 5.41 Å². The van der Waals surface area contributed by atoms with E-state index < -0.39 is 5.41 Å². The van der Waals surface area contributed by atoms with Crippen molar-refractivity contribution >= 4 is 29.0 Å². The molecule has 1 atom stereocenters. The lowest BCUT2D eigenvalue weighted by molar-refractivity contribution is -0.128. The minimum atomic E-state index is -0.511. The minimum absolute atomic E-state index is 0.0263. The number of carbonyl (C=O) groups is 2. The van der Waals surface area contributed by atoms with E-state index in [0.29, 0.717) is 30.1 Å². The van der Waals surface area contributed by atoms with E-state index >= 15 is 0 Å². The third-order valence-electron chi connectivity index (χ3n) is 3.95. The molecular formula is C15H19N3O2S. The van der Waals surface area contributed by atoms with Crippen LogP contribution in [-0.2, 0) is 4.79 Å². The molecule has 0 saturated carbocycles. The minimum Gasteiger partial charge on any atom is -0.389 e. The normalized spacial score (nSPS) is 21.1. The number of likely N-dealkylation sites (tertiary alicyclic amines) is 1. The Morgan fingerprint density at radius 1 is 1.29 bits per heavy atom. The maximum Gasteiger partial charge on any atom is 0.253 e. The molecule has 5 nitrogen and oxygen atoms in total. The van der Waals surface area contributed by atoms with Gasteiger partial charge in [-0.25, -0.2) is 0 Å². The molecule has 0 aliphatic carbocycles. The molecule has 21 heavy (non-hydrogen) atoms. The zero-order chi connectivity index (χ0) is 15.6. The fourth-order valence-electron chi connectivity index (χ4n) is 2.58. The van der Waals surface area contributed by atoms with E-state index in [1.165, 1.54) is 0 Å². The number of carbonyl (C=O) groups excluding carboxylic acids is 2. The summed E-state index contributed by atoms with van der Waals surface area (Å²) in [5.41, 5.74) is 6.34. The van der Waals surface area contributed by atoms with Crippen LogP contribution in [0.1, 0.15) is 29.3 Å². The summed E-state index contributed by atoms with van der Waals surface area (Å²) in [5, 5.41) is 2.66. The number of nitrogens with two attached hydrogens (primary N) is 1. The summed E-state index contributed by atoms with van der Waals surface area (Å²) in [7, 11) is 1.62. The van der Waals surface area contributed by atoms with Gasteiger partial charge < -0.3 is 16.0 Å². The molecule has 2 rings (SSSR count). The Kier molecular flexibility index (Phi) is 4.27. The van der Waals surface area contributed by atoms with Crippen LogP contribution in [0.3, 0.4) is 0 Å². The maximum absolute atomic E-state index is 12.5. The molecule has 0 radical (unpaired) electrons. The first-order valence-corrected chi connectivity index (χ1v) is 7.19. The zero-order valence-electron chi connectivity index (χ0n) is 12.2. The van der Waals surface area contributed by atoms with E-state index in [-0.39, 0.29) is 11.8 Å². The van der Waals surface area contributed by atoms with E-state index in [4.69, 9.17) is 18.0 Å². The summed E-state index contributed by atoms with van der Waals surface area (Å²) in [6.07, 6.45) is 0.670. The SMILES string of the molecule is CNC(=O)C1(C)CCN(C(=O)c2ccc(C(N)=S)cc2)C1. The van der Waals surface area contributed by atoms with Crippen LogP contribution in [0.2, 0.25) is 0 Å². The second-order valence-corrected chi connectivity index (χ2v) is 6.00. The van der Waals surface area contributed by atoms with E-state index in [1.807, 2.05) is 6.92 Å². The number of nitrogens with zero attached hydrogens (tertiary/aromatic N) is 1. The molecule has 2 amide bonds. The highest BCUT2D eigenvalue weighted by atomic mass is 32.1. The summed E-state index contributed by atoms with van der Waals surface area (Å²) in [5.74, 6) is -0.0984. The molecule has 1 aromatic rings. The number of hydrogen-bond acceptors (Lipinski definition) is 3. The quantitative estimate of drug-likeness (QED) is 0.814. The van der Waals surface area contributed by atoms with E-state index in [2.05, 4.69) is 5.32 Å². The van der Waals surface area contributed by atoms with Crippen molar-refractivity contribution in [1.82, 2.24) is 10.2 Å². The molecule has 1 aromatic carbocycles. The van der Waals surface area contributed by atoms with Crippen LogP contribution in [0.25, 0.3) is 0 Å². The molecule has 1 fully saturated rings. The van der Waals surface area contributed by atoms with Crippen LogP contribution < -0.4 is 11.1 Å². The monoisotopic (exact) mass is 305 g/mol. The van der Waals surface area contributed by atoms with Gasteiger partial charge in [0, 0.05) is 31.3 Å². The lowest BCUT2D eigenvalue weighted by Gasteiger charge is -2.22. The number of thiocarbonyl (C=S) groups is 1. The highest BCUT2D eigenvalue weighted by Crippen LogP contribution is 2.30. The van der Waals surface area contributed by atoms with Crippen LogP contribution >= 0.6 is 12.2 Å². The summed E-state index contributed by atoms with van der Waals surface area (Å²) in [6, 6.07) is 6.91. The number of amides is 2. The van der Waals surface area contributed by atoms with Gasteiger partial charge in [-0.1, -0.05) is 24.4 Å². The second kappa shape index (κ2) is 5.81. The average Bonchev–Trinajstić information content (AvgIpc) is 2.89. The second-order valence-electron chi connectivity index (χ2n) is 5.56. The molecule has 1 saturated heterocycles. The van der Waals surface area contributed by atoms with Crippen molar-refractivity contribution in [3.63, 3.8) is 0 Å². The highest BCUT2D eigenvalue weighted by molar-refractivity contribution is 7.80. The van der Waals surface area contributed by atoms with Crippen molar-refractivity contribution in [2.45, 2.75) is 13.3 Å². The number of rotatable bonds is 3. The van der Waals surface area contributed by atoms with Gasteiger partial charge in [0.05, 0.1) is 5.41 Å². The predicted octanol–water partition coefficient (Wildman–Crippen LogP) is 0.919. The van der Waals surface area contributed by atoms with Crippen LogP contribution in [0.4, 0.5) is 0 Å².